The van der Waals surface area contributed by atoms with Gasteiger partial charge in [-0.1, -0.05) is 150 Å². The zero-order valence-electron chi connectivity index (χ0n) is 20.7. The number of hydrogen-bond donors (Lipinski definition) is 1. The van der Waals surface area contributed by atoms with Gasteiger partial charge >= 0.3 is 0 Å². The van der Waals surface area contributed by atoms with Crippen LogP contribution in [0.3, 0.4) is 0 Å². The van der Waals surface area contributed by atoms with Crippen molar-refractivity contribution in [2.45, 2.75) is 163 Å². The van der Waals surface area contributed by atoms with Crippen LogP contribution < -0.4 is 5.73 Å². The summed E-state index contributed by atoms with van der Waals surface area (Å²) in [7, 11) is 0. The molecule has 0 radical (unpaired) electrons. The SMILES string of the molecule is CCCCCCCCCCCCCC(N)C(C)(C)C(C)CCCCCCCC. The van der Waals surface area contributed by atoms with Gasteiger partial charge in [-0.05, 0) is 17.8 Å². The highest BCUT2D eigenvalue weighted by atomic mass is 14.7. The molecule has 0 aromatic carbocycles. The average Bonchev–Trinajstić information content (AvgIpc) is 2.68. The highest BCUT2D eigenvalue weighted by Gasteiger charge is 2.31. The summed E-state index contributed by atoms with van der Waals surface area (Å²) < 4.78 is 0. The van der Waals surface area contributed by atoms with Gasteiger partial charge in [0.05, 0.1) is 0 Å². The van der Waals surface area contributed by atoms with E-state index in [0.717, 1.165) is 5.92 Å². The summed E-state index contributed by atoms with van der Waals surface area (Å²) in [6, 6.07) is 0.362. The zero-order valence-corrected chi connectivity index (χ0v) is 20.7. The van der Waals surface area contributed by atoms with Crippen LogP contribution in [0, 0.1) is 11.3 Å². The molecule has 0 saturated carbocycles. The lowest BCUT2D eigenvalue weighted by Crippen LogP contribution is -2.41. The minimum Gasteiger partial charge on any atom is -0.327 e. The molecule has 2 atom stereocenters. The molecule has 0 heterocycles. The molecule has 1 nitrogen and oxygen atoms in total. The molecule has 0 amide bonds. The van der Waals surface area contributed by atoms with Crippen LogP contribution in [0.4, 0.5) is 0 Å². The van der Waals surface area contributed by atoms with E-state index in [1.807, 2.05) is 0 Å². The lowest BCUT2D eigenvalue weighted by Gasteiger charge is -2.38. The highest BCUT2D eigenvalue weighted by Crippen LogP contribution is 2.35. The quantitative estimate of drug-likeness (QED) is 0.192. The molecular weight excluding hydrogens is 338 g/mol. The Hall–Kier alpha value is -0.0400. The van der Waals surface area contributed by atoms with E-state index in [1.54, 1.807) is 0 Å². The van der Waals surface area contributed by atoms with Crippen LogP contribution >= 0.6 is 0 Å². The van der Waals surface area contributed by atoms with E-state index in [0.29, 0.717) is 6.04 Å². The summed E-state index contributed by atoms with van der Waals surface area (Å²) in [6.07, 6.45) is 26.5. The van der Waals surface area contributed by atoms with E-state index >= 15 is 0 Å². The summed E-state index contributed by atoms with van der Waals surface area (Å²) in [5.41, 5.74) is 6.92. The minimum absolute atomic E-state index is 0.280. The van der Waals surface area contributed by atoms with Crippen LogP contribution in [-0.4, -0.2) is 6.04 Å². The Kier molecular flexibility index (Phi) is 18.9. The Morgan fingerprint density at radius 3 is 1.25 bits per heavy atom. The van der Waals surface area contributed by atoms with E-state index in [1.165, 1.54) is 122 Å². The second-order valence-corrected chi connectivity index (χ2v) is 10.2. The number of rotatable bonds is 21. The first-order valence-corrected chi connectivity index (χ1v) is 13.2. The van der Waals surface area contributed by atoms with Crippen molar-refractivity contribution in [1.82, 2.24) is 0 Å². The molecule has 0 bridgehead atoms. The van der Waals surface area contributed by atoms with E-state index in [4.69, 9.17) is 5.73 Å². The second kappa shape index (κ2) is 19.0. The Bertz CT molecular complexity index is 309. The van der Waals surface area contributed by atoms with Crippen molar-refractivity contribution in [2.75, 3.05) is 0 Å². The third-order valence-corrected chi connectivity index (χ3v) is 7.34. The lowest BCUT2D eigenvalue weighted by molar-refractivity contribution is 0.158. The maximum Gasteiger partial charge on any atom is 0.00928 e. The fourth-order valence-electron chi connectivity index (χ4n) is 4.37. The largest absolute Gasteiger partial charge is 0.327 e. The van der Waals surface area contributed by atoms with Gasteiger partial charge in [0.2, 0.25) is 0 Å². The maximum atomic E-state index is 6.64. The predicted octanol–water partition coefficient (Wildman–Crippen LogP) is 9.43. The summed E-state index contributed by atoms with van der Waals surface area (Å²) in [5, 5.41) is 0. The third kappa shape index (κ3) is 14.9. The van der Waals surface area contributed by atoms with Gasteiger partial charge in [-0.25, -0.2) is 0 Å². The lowest BCUT2D eigenvalue weighted by atomic mass is 9.71. The Morgan fingerprint density at radius 2 is 0.857 bits per heavy atom. The van der Waals surface area contributed by atoms with Gasteiger partial charge in [-0.2, -0.15) is 0 Å². The number of nitrogens with two attached hydrogens (primary N) is 1. The predicted molar refractivity (Wildman–Crippen MR) is 130 cm³/mol. The van der Waals surface area contributed by atoms with Gasteiger partial charge in [0, 0.05) is 6.04 Å². The van der Waals surface area contributed by atoms with Crippen molar-refractivity contribution in [3.05, 3.63) is 0 Å². The molecule has 1 heteroatoms. The standard InChI is InChI=1S/C27H57N/c1-6-8-10-12-14-15-16-17-18-20-22-24-26(28)27(4,5)25(3)23-21-19-13-11-9-7-2/h25-26H,6-24,28H2,1-5H3. The topological polar surface area (TPSA) is 26.0 Å². The fraction of sp³-hybridized carbons (Fsp3) is 1.00. The Labute approximate surface area is 180 Å². The molecule has 0 aliphatic heterocycles. The van der Waals surface area contributed by atoms with Crippen LogP contribution in [0.5, 0.6) is 0 Å². The minimum atomic E-state index is 0.280. The van der Waals surface area contributed by atoms with E-state index in [-0.39, 0.29) is 5.41 Å². The summed E-state index contributed by atoms with van der Waals surface area (Å²) in [4.78, 5) is 0. The van der Waals surface area contributed by atoms with E-state index < -0.39 is 0 Å². The zero-order chi connectivity index (χ0) is 21.1. The molecule has 0 rings (SSSR count). The van der Waals surface area contributed by atoms with Crippen LogP contribution in [0.15, 0.2) is 0 Å². The van der Waals surface area contributed by atoms with Gasteiger partial charge < -0.3 is 5.73 Å². The van der Waals surface area contributed by atoms with Crippen molar-refractivity contribution >= 4 is 0 Å². The average molecular weight is 396 g/mol. The third-order valence-electron chi connectivity index (χ3n) is 7.34. The summed E-state index contributed by atoms with van der Waals surface area (Å²) >= 11 is 0. The monoisotopic (exact) mass is 395 g/mol. The first-order valence-electron chi connectivity index (χ1n) is 13.2. The molecule has 0 saturated heterocycles. The van der Waals surface area contributed by atoms with Gasteiger partial charge in [-0.3, -0.25) is 0 Å². The highest BCUT2D eigenvalue weighted by molar-refractivity contribution is 4.85. The fourth-order valence-corrected chi connectivity index (χ4v) is 4.37. The second-order valence-electron chi connectivity index (χ2n) is 10.2. The molecule has 0 aromatic rings. The molecule has 2 unspecified atom stereocenters. The molecule has 170 valence electrons. The first-order chi connectivity index (χ1) is 13.5. The maximum absolute atomic E-state index is 6.64. The molecule has 0 aromatic heterocycles. The summed E-state index contributed by atoms with van der Waals surface area (Å²) in [5.74, 6) is 0.737. The number of unbranched alkanes of at least 4 members (excludes halogenated alkanes) is 15. The molecule has 2 N–H and O–H groups in total. The van der Waals surface area contributed by atoms with Crippen LogP contribution in [0.1, 0.15) is 157 Å². The van der Waals surface area contributed by atoms with Gasteiger partial charge in [0.15, 0.2) is 0 Å². The number of hydrogen-bond acceptors (Lipinski definition) is 1. The van der Waals surface area contributed by atoms with Crippen molar-refractivity contribution in [3.63, 3.8) is 0 Å². The Morgan fingerprint density at radius 1 is 0.536 bits per heavy atom. The van der Waals surface area contributed by atoms with Crippen LogP contribution in [-0.2, 0) is 0 Å². The van der Waals surface area contributed by atoms with E-state index in [2.05, 4.69) is 34.6 Å². The van der Waals surface area contributed by atoms with Crippen molar-refractivity contribution in [2.24, 2.45) is 17.1 Å². The molecule has 0 fully saturated rings. The smallest absolute Gasteiger partial charge is 0.00928 e. The normalized spacial score (nSPS) is 14.4. The molecule has 0 aliphatic carbocycles. The van der Waals surface area contributed by atoms with Crippen molar-refractivity contribution in [1.29, 1.82) is 0 Å². The van der Waals surface area contributed by atoms with Gasteiger partial charge in [0.1, 0.15) is 0 Å². The van der Waals surface area contributed by atoms with Crippen molar-refractivity contribution < 1.29 is 0 Å². The van der Waals surface area contributed by atoms with Crippen LogP contribution in [0.25, 0.3) is 0 Å². The molecule has 0 spiro atoms. The molecular formula is C27H57N. The van der Waals surface area contributed by atoms with Gasteiger partial charge in [-0.15, -0.1) is 0 Å². The van der Waals surface area contributed by atoms with E-state index in [9.17, 15) is 0 Å². The first kappa shape index (κ1) is 28.0. The summed E-state index contributed by atoms with van der Waals surface area (Å²) in [6.45, 7) is 11.9. The van der Waals surface area contributed by atoms with Crippen molar-refractivity contribution in [3.8, 4) is 0 Å². The molecule has 28 heavy (non-hydrogen) atoms. The Balaban J connectivity index is 3.67. The van der Waals surface area contributed by atoms with Crippen LogP contribution in [0.2, 0.25) is 0 Å². The molecule has 0 aliphatic rings. The van der Waals surface area contributed by atoms with Gasteiger partial charge in [0.25, 0.3) is 0 Å².